The van der Waals surface area contributed by atoms with Gasteiger partial charge in [0.15, 0.2) is 5.69 Å². The molecule has 210 valence electrons. The quantitative estimate of drug-likeness (QED) is 0.161. The largest absolute Gasteiger partial charge is 0.255 e. The average molecular weight is 619 g/mol. The molecular formula is C36H10N10S. The number of hydrogen-bond acceptors (Lipinski definition) is 8. The molecule has 0 aliphatic rings. The Morgan fingerprint density at radius 3 is 1.98 bits per heavy atom. The van der Waals surface area contributed by atoms with E-state index >= 15 is 0 Å². The zero-order chi connectivity index (χ0) is 36.7. The summed E-state index contributed by atoms with van der Waals surface area (Å²) in [7, 11) is 0. The van der Waals surface area contributed by atoms with Gasteiger partial charge in [0.2, 0.25) is 11.4 Å². The van der Waals surface area contributed by atoms with Gasteiger partial charge in [-0.3, -0.25) is 14.8 Å². The number of pyridine rings is 2. The van der Waals surface area contributed by atoms with E-state index in [2.05, 4.69) is 24.5 Å². The van der Waals surface area contributed by atoms with Gasteiger partial charge in [-0.15, -0.1) is 11.3 Å². The molecule has 0 saturated heterocycles. The first-order valence-corrected chi connectivity index (χ1v) is 13.8. The molecule has 0 bridgehead atoms. The van der Waals surface area contributed by atoms with Crippen molar-refractivity contribution in [3.8, 4) is 30.3 Å². The number of aromatic nitrogens is 2. The number of benzene rings is 3. The maximum Gasteiger partial charge on any atom is 0.211 e. The van der Waals surface area contributed by atoms with Crippen LogP contribution < -0.4 is 10.4 Å². The summed E-state index contributed by atoms with van der Waals surface area (Å²) in [5.41, 5.74) is -2.81. The van der Waals surface area contributed by atoms with Crippen molar-refractivity contribution < 1.29 is 5.48 Å². The van der Waals surface area contributed by atoms with Crippen LogP contribution in [0.5, 0.6) is 0 Å². The summed E-state index contributed by atoms with van der Waals surface area (Å²) in [5.74, 6) is 0. The zero-order valence-corrected chi connectivity index (χ0v) is 24.2. The average Bonchev–Trinajstić information content (AvgIpc) is 3.65. The lowest BCUT2D eigenvalue weighted by Gasteiger charge is -2.08. The van der Waals surface area contributed by atoms with E-state index in [4.69, 9.17) is 25.2 Å². The van der Waals surface area contributed by atoms with Gasteiger partial charge in [0.25, 0.3) is 0 Å². The van der Waals surface area contributed by atoms with Crippen LogP contribution in [-0.4, -0.2) is 9.97 Å². The molecule has 6 aromatic rings. The zero-order valence-electron chi connectivity index (χ0n) is 27.3. The molecule has 3 aromatic heterocycles. The van der Waals surface area contributed by atoms with Crippen molar-refractivity contribution in [2.24, 2.45) is 0 Å². The smallest absolute Gasteiger partial charge is 0.211 e. The van der Waals surface area contributed by atoms with Gasteiger partial charge in [0, 0.05) is 45.4 Å². The van der Waals surface area contributed by atoms with Crippen molar-refractivity contribution >= 4 is 65.9 Å². The lowest BCUT2D eigenvalue weighted by molar-refractivity contribution is 1.33. The Hall–Kier alpha value is -7.90. The van der Waals surface area contributed by atoms with Crippen LogP contribution in [-0.2, 0) is 0 Å². The predicted octanol–water partition coefficient (Wildman–Crippen LogP) is 6.38. The van der Waals surface area contributed by atoms with E-state index in [1.54, 1.807) is 47.9 Å². The Balaban J connectivity index is 1.71. The number of nitrogens with zero attached hydrogens (tertiary/aromatic N) is 10. The summed E-state index contributed by atoms with van der Waals surface area (Å²) in [6.45, 7) is 22.9. The minimum absolute atomic E-state index is 0.181. The van der Waals surface area contributed by atoms with Crippen LogP contribution in [0.4, 0.5) is 11.4 Å². The molecule has 0 spiro atoms. The maximum absolute atomic E-state index is 10.3. The number of fused-ring (bicyclic) bond motifs is 6. The summed E-state index contributed by atoms with van der Waals surface area (Å²) >= 11 is 1.33. The molecule has 0 amide bonds. The molecule has 0 aliphatic heterocycles. The first kappa shape index (κ1) is 24.5. The molecule has 11 heteroatoms. The SMILES string of the molecule is [2H]c1c(C#N)c([N+]#[C-])c([N+]#[C-])c([2H])c1/C(C#N)=c1/cnc2c(c1)c1ccsc1c1c/c(=C(\[N+]#[C-])c3c([2H])c(C#N)c(C#N)c(C#N)c3[2H])cnc12. The summed E-state index contributed by atoms with van der Waals surface area (Å²) in [5, 5.41) is 52.8. The van der Waals surface area contributed by atoms with Crippen LogP contribution in [0.2, 0.25) is 0 Å². The third-order valence-electron chi connectivity index (χ3n) is 7.10. The lowest BCUT2D eigenvalue weighted by Crippen LogP contribution is -2.09. The minimum Gasteiger partial charge on any atom is -0.255 e. The molecule has 0 aliphatic carbocycles. The molecule has 0 fully saturated rings. The highest BCUT2D eigenvalue weighted by molar-refractivity contribution is 7.18. The summed E-state index contributed by atoms with van der Waals surface area (Å²) in [6, 6.07) is 11.8. The maximum atomic E-state index is 10.3. The first-order valence-electron chi connectivity index (χ1n) is 15.0. The number of thiophene rings is 1. The molecule has 10 nitrogen and oxygen atoms in total. The van der Waals surface area contributed by atoms with E-state index in [1.807, 2.05) is 6.07 Å². The predicted molar refractivity (Wildman–Crippen MR) is 173 cm³/mol. The topological polar surface area (TPSA) is 158 Å². The molecule has 47 heavy (non-hydrogen) atoms. The molecule has 0 N–H and O–H groups in total. The fourth-order valence-electron chi connectivity index (χ4n) is 5.05. The van der Waals surface area contributed by atoms with E-state index in [1.165, 1.54) is 23.7 Å². The molecule has 0 saturated carbocycles. The van der Waals surface area contributed by atoms with Crippen molar-refractivity contribution in [3.63, 3.8) is 0 Å². The molecule has 3 heterocycles. The van der Waals surface area contributed by atoms with Crippen LogP contribution in [0.25, 0.3) is 57.7 Å². The first-order chi connectivity index (χ1) is 24.6. The standard InChI is InChI=1S/C36H10N10S/c1-42-31-11-19(6-23(14-39)33(31)44-3)29(15-40)24-9-27-26-4-5-47-36(26)28-10-25(18-46-35(28)34(27)45-17-24)32(43-2)20-7-21(12-37)30(16-41)22(8-20)13-38/h4-11,17-18H/b29-24+,32-25+/i6D,7D,8D,11D. The van der Waals surface area contributed by atoms with E-state index in [0.717, 1.165) is 0 Å². The van der Waals surface area contributed by atoms with E-state index in [9.17, 15) is 26.3 Å². The third kappa shape index (κ3) is 4.58. The summed E-state index contributed by atoms with van der Waals surface area (Å²) in [6.07, 6.45) is 2.66. The van der Waals surface area contributed by atoms with E-state index < -0.39 is 57.8 Å². The third-order valence-corrected chi connectivity index (χ3v) is 8.05. The lowest BCUT2D eigenvalue weighted by atomic mass is 9.97. The second-order valence-electron chi connectivity index (χ2n) is 9.47. The molecule has 0 unspecified atom stereocenters. The fourth-order valence-corrected chi connectivity index (χ4v) is 5.98. The molecule has 0 atom stereocenters. The van der Waals surface area contributed by atoms with Gasteiger partial charge in [0.1, 0.15) is 24.3 Å². The van der Waals surface area contributed by atoms with Crippen molar-refractivity contribution in [1.82, 2.24) is 9.97 Å². The summed E-state index contributed by atoms with van der Waals surface area (Å²) < 4.78 is 35.1. The Bertz CT molecular complexity index is 2840. The Kier molecular flexibility index (Phi) is 6.08. The van der Waals surface area contributed by atoms with Crippen LogP contribution >= 0.6 is 11.3 Å². The van der Waals surface area contributed by atoms with Crippen LogP contribution in [0.15, 0.2) is 60.1 Å². The van der Waals surface area contributed by atoms with Gasteiger partial charge in [0.05, 0.1) is 63.2 Å². The highest BCUT2D eigenvalue weighted by Gasteiger charge is 2.18. The normalized spacial score (nSPS) is 12.7. The number of nitriles is 5. The summed E-state index contributed by atoms with van der Waals surface area (Å²) in [4.78, 5) is 19.2. The van der Waals surface area contributed by atoms with Crippen LogP contribution in [0.3, 0.4) is 0 Å². The van der Waals surface area contributed by atoms with Gasteiger partial charge < -0.3 is 0 Å². The highest BCUT2D eigenvalue weighted by Crippen LogP contribution is 2.37. The van der Waals surface area contributed by atoms with Gasteiger partial charge in [-0.2, -0.15) is 26.3 Å². The monoisotopic (exact) mass is 618 g/mol. The van der Waals surface area contributed by atoms with Gasteiger partial charge >= 0.3 is 0 Å². The molecule has 6 rings (SSSR count). The number of hydrogen-bond donors (Lipinski definition) is 0. The van der Waals surface area contributed by atoms with Crippen molar-refractivity contribution in [2.45, 2.75) is 0 Å². The fraction of sp³-hybridized carbons (Fsp3) is 0. The molecular weight excluding hydrogens is 605 g/mol. The highest BCUT2D eigenvalue weighted by atomic mass is 32.1. The van der Waals surface area contributed by atoms with E-state index in [-0.39, 0.29) is 32.8 Å². The van der Waals surface area contributed by atoms with Gasteiger partial charge in [-0.05, 0) is 52.0 Å². The van der Waals surface area contributed by atoms with Gasteiger partial charge in [-0.25, -0.2) is 9.69 Å². The second-order valence-corrected chi connectivity index (χ2v) is 10.4. The van der Waals surface area contributed by atoms with Gasteiger partial charge in [-0.1, -0.05) is 12.1 Å². The van der Waals surface area contributed by atoms with Crippen molar-refractivity contribution in [3.05, 3.63) is 138 Å². The molecule has 0 radical (unpaired) electrons. The second kappa shape index (κ2) is 11.6. The van der Waals surface area contributed by atoms with Crippen LogP contribution in [0.1, 0.15) is 38.9 Å². The Labute approximate surface area is 275 Å². The van der Waals surface area contributed by atoms with Crippen LogP contribution in [0, 0.1) is 76.4 Å². The Morgan fingerprint density at radius 2 is 1.38 bits per heavy atom. The van der Waals surface area contributed by atoms with Crippen molar-refractivity contribution in [1.29, 1.82) is 26.3 Å². The minimum atomic E-state index is -0.538. The molecule has 3 aromatic carbocycles. The number of rotatable bonds is 2. The Morgan fingerprint density at radius 1 is 0.745 bits per heavy atom. The van der Waals surface area contributed by atoms with Crippen molar-refractivity contribution in [2.75, 3.05) is 0 Å². The van der Waals surface area contributed by atoms with E-state index in [0.29, 0.717) is 31.9 Å².